The zero-order valence-electron chi connectivity index (χ0n) is 28.4. The number of benzene rings is 8. The molecular weight excluding hydrogens is 652 g/mol. The van der Waals surface area contributed by atoms with Gasteiger partial charge in [-0.2, -0.15) is 0 Å². The summed E-state index contributed by atoms with van der Waals surface area (Å²) in [5.41, 5.74) is 11.3. The fourth-order valence-corrected chi connectivity index (χ4v) is 11.3. The lowest BCUT2D eigenvalue weighted by Gasteiger charge is -2.39. The van der Waals surface area contributed by atoms with Crippen LogP contribution in [0.2, 0.25) is 0 Å². The highest BCUT2D eigenvalue weighted by Gasteiger charge is 2.51. The molecule has 1 heterocycles. The Kier molecular flexibility index (Phi) is 7.11. The summed E-state index contributed by atoms with van der Waals surface area (Å²) in [6.45, 7) is 0. The van der Waals surface area contributed by atoms with E-state index in [9.17, 15) is 4.89 Å². The fraction of sp³-hybridized carbons (Fsp3) is 0.0204. The summed E-state index contributed by atoms with van der Waals surface area (Å²) < 4.78 is 6.78. The topological polar surface area (TPSA) is 29.5 Å². The van der Waals surface area contributed by atoms with E-state index in [1.54, 1.807) is 0 Å². The lowest BCUT2D eigenvalue weighted by Crippen LogP contribution is -2.32. The average molecular weight is 686 g/mol. The third kappa shape index (κ3) is 4.52. The monoisotopic (exact) mass is 685 g/mol. The third-order valence-electron chi connectivity index (χ3n) is 10.9. The van der Waals surface area contributed by atoms with Gasteiger partial charge < -0.3 is 4.74 Å². The fourth-order valence-electron chi connectivity index (χ4n) is 8.54. The van der Waals surface area contributed by atoms with Crippen molar-refractivity contribution in [3.63, 3.8) is 0 Å². The molecule has 0 unspecified atom stereocenters. The standard InChI is InChI=1S/C49H34O2P/c50-52(38-18-3-1-4-19-38,39-20-5-2-6-21-39)40-22-14-17-36(32-40)34-15-13-16-35(31-34)37-29-30-46-48(33-37)51-47-28-12-11-27-45(47)49(46)43-25-9-7-23-41(43)42-24-8-10-26-44(42)49/h1-33,50H/q+1. The summed E-state index contributed by atoms with van der Waals surface area (Å²) in [5, 5.41) is 2.80. The van der Waals surface area contributed by atoms with E-state index in [0.29, 0.717) is 0 Å². The normalized spacial score (nSPS) is 13.4. The smallest absolute Gasteiger partial charge is 0.238 e. The van der Waals surface area contributed by atoms with Crippen molar-refractivity contribution in [1.82, 2.24) is 0 Å². The molecule has 2 nitrogen and oxygen atoms in total. The minimum atomic E-state index is -2.86. The Bertz CT molecular complexity index is 2540. The van der Waals surface area contributed by atoms with Crippen molar-refractivity contribution in [2.24, 2.45) is 0 Å². The number of fused-ring (bicyclic) bond motifs is 9. The zero-order chi connectivity index (χ0) is 34.7. The molecule has 0 aromatic heterocycles. The first-order valence-electron chi connectivity index (χ1n) is 17.7. The highest BCUT2D eigenvalue weighted by molar-refractivity contribution is 7.91. The number of rotatable bonds is 5. The molecule has 0 saturated heterocycles. The number of ether oxygens (including phenoxy) is 1. The third-order valence-corrected chi connectivity index (χ3v) is 14.0. The molecule has 0 bridgehead atoms. The molecule has 1 N–H and O–H groups in total. The van der Waals surface area contributed by atoms with Gasteiger partial charge in [0.05, 0.1) is 5.41 Å². The maximum atomic E-state index is 12.6. The van der Waals surface area contributed by atoms with Crippen molar-refractivity contribution < 1.29 is 9.63 Å². The van der Waals surface area contributed by atoms with Crippen LogP contribution in [0, 0.1) is 0 Å². The van der Waals surface area contributed by atoms with Gasteiger partial charge in [-0.25, -0.2) is 4.89 Å². The highest BCUT2D eigenvalue weighted by atomic mass is 31.2. The Morgan fingerprint density at radius 2 is 0.808 bits per heavy atom. The first-order chi connectivity index (χ1) is 25.7. The predicted octanol–water partition coefficient (Wildman–Crippen LogP) is 10.7. The molecule has 246 valence electrons. The summed E-state index contributed by atoms with van der Waals surface area (Å²) in [4.78, 5) is 12.6. The van der Waals surface area contributed by atoms with Crippen LogP contribution in [0.5, 0.6) is 11.5 Å². The lowest BCUT2D eigenvalue weighted by atomic mass is 9.66. The van der Waals surface area contributed by atoms with Crippen LogP contribution in [0.25, 0.3) is 33.4 Å². The molecule has 0 radical (unpaired) electrons. The first-order valence-corrected chi connectivity index (χ1v) is 19.5. The Balaban J connectivity index is 1.09. The molecule has 1 spiro atoms. The van der Waals surface area contributed by atoms with Crippen LogP contribution in [0.1, 0.15) is 22.3 Å². The first kappa shape index (κ1) is 30.7. The van der Waals surface area contributed by atoms with Gasteiger partial charge in [0, 0.05) is 11.1 Å². The Morgan fingerprint density at radius 1 is 0.346 bits per heavy atom. The summed E-state index contributed by atoms with van der Waals surface area (Å²) >= 11 is 0. The largest absolute Gasteiger partial charge is 0.457 e. The van der Waals surface area contributed by atoms with Gasteiger partial charge in [0.2, 0.25) is 7.49 Å². The van der Waals surface area contributed by atoms with E-state index >= 15 is 0 Å². The Hall–Kier alpha value is -6.05. The maximum Gasteiger partial charge on any atom is 0.238 e. The van der Waals surface area contributed by atoms with Crippen molar-refractivity contribution in [2.75, 3.05) is 0 Å². The Morgan fingerprint density at radius 3 is 1.44 bits per heavy atom. The van der Waals surface area contributed by atoms with Crippen molar-refractivity contribution in [3.05, 3.63) is 222 Å². The van der Waals surface area contributed by atoms with Crippen molar-refractivity contribution in [1.29, 1.82) is 0 Å². The molecule has 0 saturated carbocycles. The molecule has 8 aromatic rings. The van der Waals surface area contributed by atoms with Gasteiger partial charge in [-0.1, -0.05) is 146 Å². The molecular formula is C49H34O2P+. The number of hydrogen-bond acceptors (Lipinski definition) is 2. The molecule has 1 aliphatic heterocycles. The summed E-state index contributed by atoms with van der Waals surface area (Å²) in [6.07, 6.45) is 0. The molecule has 0 atom stereocenters. The summed E-state index contributed by atoms with van der Waals surface area (Å²) in [5.74, 6) is 1.76. The lowest BCUT2D eigenvalue weighted by molar-refractivity contribution is 0.436. The van der Waals surface area contributed by atoms with Crippen LogP contribution >= 0.6 is 7.49 Å². The molecule has 1 aliphatic carbocycles. The van der Waals surface area contributed by atoms with Crippen LogP contribution in [-0.4, -0.2) is 4.89 Å². The molecule has 52 heavy (non-hydrogen) atoms. The van der Waals surface area contributed by atoms with E-state index in [-0.39, 0.29) is 0 Å². The van der Waals surface area contributed by atoms with E-state index in [1.807, 2.05) is 60.7 Å². The molecule has 3 heteroatoms. The van der Waals surface area contributed by atoms with Crippen LogP contribution < -0.4 is 20.7 Å². The van der Waals surface area contributed by atoms with E-state index in [4.69, 9.17) is 4.74 Å². The molecule has 10 rings (SSSR count). The predicted molar refractivity (Wildman–Crippen MR) is 216 cm³/mol. The van der Waals surface area contributed by atoms with Crippen LogP contribution in [-0.2, 0) is 5.41 Å². The van der Waals surface area contributed by atoms with Gasteiger partial charge >= 0.3 is 0 Å². The van der Waals surface area contributed by atoms with Gasteiger partial charge in [-0.15, -0.1) is 0 Å². The van der Waals surface area contributed by atoms with Crippen molar-refractivity contribution in [3.8, 4) is 44.9 Å². The minimum absolute atomic E-state index is 0.477. The second kappa shape index (κ2) is 12.0. The van der Waals surface area contributed by atoms with Gasteiger partial charge in [-0.3, -0.25) is 0 Å². The quantitative estimate of drug-likeness (QED) is 0.183. The van der Waals surface area contributed by atoms with E-state index in [0.717, 1.165) is 55.2 Å². The molecule has 2 aliphatic rings. The van der Waals surface area contributed by atoms with E-state index < -0.39 is 12.9 Å². The SMILES string of the molecule is O[P+](c1ccccc1)(c1ccccc1)c1cccc(-c2cccc(-c3ccc4c(c3)Oc3ccccc3C43c4ccccc4-c4ccccc43)c2)c1. The molecule has 8 aromatic carbocycles. The van der Waals surface area contributed by atoms with Crippen LogP contribution in [0.3, 0.4) is 0 Å². The van der Waals surface area contributed by atoms with Crippen molar-refractivity contribution >= 4 is 23.4 Å². The second-order valence-corrected chi connectivity index (χ2v) is 16.4. The summed E-state index contributed by atoms with van der Waals surface area (Å²) in [7, 11) is -2.86. The Labute approximate surface area is 304 Å². The van der Waals surface area contributed by atoms with E-state index in [2.05, 4.69) is 140 Å². The van der Waals surface area contributed by atoms with Crippen LogP contribution in [0.15, 0.2) is 200 Å². The van der Waals surface area contributed by atoms with Gasteiger partial charge in [0.25, 0.3) is 0 Å². The minimum Gasteiger partial charge on any atom is -0.457 e. The summed E-state index contributed by atoms with van der Waals surface area (Å²) in [6, 6.07) is 70.1. The molecule has 0 amide bonds. The molecule has 0 fully saturated rings. The van der Waals surface area contributed by atoms with Gasteiger partial charge in [0.15, 0.2) is 0 Å². The zero-order valence-corrected chi connectivity index (χ0v) is 29.2. The number of hydrogen-bond donors (Lipinski definition) is 1. The van der Waals surface area contributed by atoms with Crippen molar-refractivity contribution in [2.45, 2.75) is 5.41 Å². The highest BCUT2D eigenvalue weighted by Crippen LogP contribution is 2.62. The van der Waals surface area contributed by atoms with Gasteiger partial charge in [0.1, 0.15) is 27.4 Å². The van der Waals surface area contributed by atoms with Crippen LogP contribution in [0.4, 0.5) is 0 Å². The average Bonchev–Trinajstić information content (AvgIpc) is 3.52. The number of para-hydroxylation sites is 1. The van der Waals surface area contributed by atoms with Gasteiger partial charge in [-0.05, 0) is 99.1 Å². The van der Waals surface area contributed by atoms with E-state index in [1.165, 1.54) is 27.8 Å². The maximum absolute atomic E-state index is 12.6. The second-order valence-electron chi connectivity index (χ2n) is 13.6.